The summed E-state index contributed by atoms with van der Waals surface area (Å²) in [6.45, 7) is 5.46. The topological polar surface area (TPSA) is 73.8 Å². The Kier molecular flexibility index (Phi) is 11.2. The Labute approximate surface area is 185 Å². The van der Waals surface area contributed by atoms with Crippen molar-refractivity contribution in [2.45, 2.75) is 62.6 Å². The van der Waals surface area contributed by atoms with Crippen molar-refractivity contribution in [2.75, 3.05) is 26.7 Å². The molecule has 0 aromatic carbocycles. The Morgan fingerprint density at radius 3 is 2.48 bits per heavy atom. The van der Waals surface area contributed by atoms with Gasteiger partial charge in [-0.3, -0.25) is 4.99 Å². The molecule has 0 amide bonds. The number of guanidine groups is 1. The number of rotatable bonds is 8. The van der Waals surface area contributed by atoms with Gasteiger partial charge in [0.1, 0.15) is 4.21 Å². The number of halogens is 1. The number of thiophene rings is 1. The number of nitrogens with one attached hydrogen (secondary N) is 2. The van der Waals surface area contributed by atoms with E-state index in [9.17, 15) is 8.42 Å². The summed E-state index contributed by atoms with van der Waals surface area (Å²) in [6.07, 6.45) is 7.10. The summed E-state index contributed by atoms with van der Waals surface area (Å²) in [4.78, 5) is 5.36. The van der Waals surface area contributed by atoms with Gasteiger partial charge in [-0.15, -0.1) is 35.3 Å². The van der Waals surface area contributed by atoms with Gasteiger partial charge in [-0.2, -0.15) is 4.31 Å². The van der Waals surface area contributed by atoms with E-state index in [2.05, 4.69) is 15.6 Å². The highest BCUT2D eigenvalue weighted by molar-refractivity contribution is 14.0. The second-order valence-corrected chi connectivity index (χ2v) is 9.87. The van der Waals surface area contributed by atoms with Crippen LogP contribution in [0.3, 0.4) is 0 Å². The average molecular weight is 529 g/mol. The Morgan fingerprint density at radius 2 is 1.89 bits per heavy atom. The van der Waals surface area contributed by atoms with Gasteiger partial charge in [0, 0.05) is 37.6 Å². The quantitative estimate of drug-likeness (QED) is 0.308. The van der Waals surface area contributed by atoms with Crippen molar-refractivity contribution >= 4 is 51.3 Å². The van der Waals surface area contributed by atoms with E-state index >= 15 is 0 Å². The summed E-state index contributed by atoms with van der Waals surface area (Å²) in [7, 11) is -1.56. The minimum atomic E-state index is -3.35. The van der Waals surface area contributed by atoms with E-state index < -0.39 is 10.0 Å². The fourth-order valence-corrected chi connectivity index (χ4v) is 6.23. The zero-order valence-electron chi connectivity index (χ0n) is 16.5. The third-order valence-electron chi connectivity index (χ3n) is 4.77. The van der Waals surface area contributed by atoms with Crippen molar-refractivity contribution in [3.05, 3.63) is 17.0 Å². The third kappa shape index (κ3) is 7.17. The van der Waals surface area contributed by atoms with E-state index in [1.165, 1.54) is 47.7 Å². The molecule has 1 aliphatic carbocycles. The van der Waals surface area contributed by atoms with E-state index in [-0.39, 0.29) is 24.0 Å². The zero-order valence-corrected chi connectivity index (χ0v) is 20.5. The molecule has 0 saturated heterocycles. The van der Waals surface area contributed by atoms with Crippen molar-refractivity contribution in [3.8, 4) is 0 Å². The summed E-state index contributed by atoms with van der Waals surface area (Å²) in [5.74, 6) is 0.837. The predicted octanol–water partition coefficient (Wildman–Crippen LogP) is 3.44. The largest absolute Gasteiger partial charge is 0.356 e. The summed E-state index contributed by atoms with van der Waals surface area (Å²) in [5.41, 5.74) is 0. The SMILES string of the molecule is CCN(CC)S(=O)(=O)c1ccc(CCNC(=NC)NC2CCCCC2)s1.I. The standard InChI is InChI=1S/C18H32N4O2S2.HI/c1-4-22(5-2)26(23,24)17-12-11-16(25-17)13-14-20-18(19-3)21-15-9-7-6-8-10-15;/h11-12,15H,4-10,13-14H2,1-3H3,(H2,19,20,21);1H. The van der Waals surface area contributed by atoms with Crippen LogP contribution in [0.15, 0.2) is 21.3 Å². The lowest BCUT2D eigenvalue weighted by molar-refractivity contribution is 0.410. The molecular formula is C18H33IN4O2S2. The molecule has 1 aliphatic rings. The molecule has 0 spiro atoms. The van der Waals surface area contributed by atoms with Gasteiger partial charge in [-0.05, 0) is 31.4 Å². The fraction of sp³-hybridized carbons (Fsp3) is 0.722. The smallest absolute Gasteiger partial charge is 0.252 e. The Bertz CT molecular complexity index is 681. The molecule has 2 N–H and O–H groups in total. The van der Waals surface area contributed by atoms with E-state index in [0.717, 1.165) is 23.8 Å². The van der Waals surface area contributed by atoms with Gasteiger partial charge in [0.25, 0.3) is 10.0 Å². The molecule has 0 unspecified atom stereocenters. The molecule has 1 fully saturated rings. The van der Waals surface area contributed by atoms with Crippen molar-refractivity contribution in [1.29, 1.82) is 0 Å². The van der Waals surface area contributed by atoms with Crippen LogP contribution in [0.2, 0.25) is 0 Å². The predicted molar refractivity (Wildman–Crippen MR) is 125 cm³/mol. The summed E-state index contributed by atoms with van der Waals surface area (Å²) < 4.78 is 27.0. The van der Waals surface area contributed by atoms with E-state index in [1.807, 2.05) is 19.9 Å². The van der Waals surface area contributed by atoms with Crippen molar-refractivity contribution in [3.63, 3.8) is 0 Å². The molecule has 1 aromatic heterocycles. The van der Waals surface area contributed by atoms with Crippen LogP contribution in [0, 0.1) is 0 Å². The van der Waals surface area contributed by atoms with Gasteiger partial charge in [0.15, 0.2) is 5.96 Å². The molecule has 1 heterocycles. The molecule has 6 nitrogen and oxygen atoms in total. The molecule has 0 atom stereocenters. The monoisotopic (exact) mass is 528 g/mol. The van der Waals surface area contributed by atoms with Gasteiger partial charge in [0.05, 0.1) is 0 Å². The fourth-order valence-electron chi connectivity index (χ4n) is 3.26. The third-order valence-corrected chi connectivity index (χ3v) is 8.43. The highest BCUT2D eigenvalue weighted by atomic mass is 127. The molecule has 1 saturated carbocycles. The van der Waals surface area contributed by atoms with Crippen molar-refractivity contribution in [1.82, 2.24) is 14.9 Å². The maximum absolute atomic E-state index is 12.5. The van der Waals surface area contributed by atoms with Crippen molar-refractivity contribution < 1.29 is 8.42 Å². The van der Waals surface area contributed by atoms with Gasteiger partial charge in [0.2, 0.25) is 0 Å². The first kappa shape index (κ1) is 24.6. The summed E-state index contributed by atoms with van der Waals surface area (Å²) in [6, 6.07) is 4.16. The minimum Gasteiger partial charge on any atom is -0.356 e. The lowest BCUT2D eigenvalue weighted by Gasteiger charge is -2.24. The minimum absolute atomic E-state index is 0. The normalized spacial score (nSPS) is 16.2. The van der Waals surface area contributed by atoms with E-state index in [0.29, 0.717) is 23.3 Å². The Morgan fingerprint density at radius 1 is 1.22 bits per heavy atom. The molecule has 9 heteroatoms. The molecule has 27 heavy (non-hydrogen) atoms. The first-order valence-corrected chi connectivity index (χ1v) is 11.8. The highest BCUT2D eigenvalue weighted by Gasteiger charge is 2.23. The van der Waals surface area contributed by atoms with Crippen LogP contribution in [-0.2, 0) is 16.4 Å². The molecule has 0 radical (unpaired) electrons. The molecule has 0 bridgehead atoms. The van der Waals surface area contributed by atoms with Gasteiger partial charge >= 0.3 is 0 Å². The molecule has 2 rings (SSSR count). The van der Waals surface area contributed by atoms with Crippen LogP contribution in [0.4, 0.5) is 0 Å². The van der Waals surface area contributed by atoms with Crippen LogP contribution in [-0.4, -0.2) is 51.4 Å². The lowest BCUT2D eigenvalue weighted by atomic mass is 9.96. The lowest BCUT2D eigenvalue weighted by Crippen LogP contribution is -2.44. The average Bonchev–Trinajstić information content (AvgIpc) is 3.12. The summed E-state index contributed by atoms with van der Waals surface area (Å²) >= 11 is 1.36. The van der Waals surface area contributed by atoms with Gasteiger partial charge in [-0.1, -0.05) is 33.1 Å². The second-order valence-electron chi connectivity index (χ2n) is 6.54. The van der Waals surface area contributed by atoms with Crippen molar-refractivity contribution in [2.24, 2.45) is 4.99 Å². The van der Waals surface area contributed by atoms with E-state index in [1.54, 1.807) is 13.1 Å². The van der Waals surface area contributed by atoms with Crippen LogP contribution in [0.25, 0.3) is 0 Å². The number of hydrogen-bond acceptors (Lipinski definition) is 4. The van der Waals surface area contributed by atoms with Crippen LogP contribution < -0.4 is 10.6 Å². The molecule has 1 aromatic rings. The first-order valence-electron chi connectivity index (χ1n) is 9.57. The van der Waals surface area contributed by atoms with Crippen LogP contribution in [0.5, 0.6) is 0 Å². The first-order chi connectivity index (χ1) is 12.5. The van der Waals surface area contributed by atoms with Gasteiger partial charge < -0.3 is 10.6 Å². The van der Waals surface area contributed by atoms with Crippen LogP contribution >= 0.6 is 35.3 Å². The Balaban J connectivity index is 0.00000364. The number of sulfonamides is 1. The number of nitrogens with zero attached hydrogens (tertiary/aromatic N) is 2. The maximum atomic E-state index is 12.5. The maximum Gasteiger partial charge on any atom is 0.252 e. The number of aliphatic imine (C=N–C) groups is 1. The Hall–Kier alpha value is -0.390. The molecule has 156 valence electrons. The molecular weight excluding hydrogens is 495 g/mol. The zero-order chi connectivity index (χ0) is 19.0. The second kappa shape index (κ2) is 12.2. The van der Waals surface area contributed by atoms with Crippen LogP contribution in [0.1, 0.15) is 50.8 Å². The highest BCUT2D eigenvalue weighted by Crippen LogP contribution is 2.25. The summed E-state index contributed by atoms with van der Waals surface area (Å²) in [5, 5.41) is 6.84. The number of hydrogen-bond donors (Lipinski definition) is 2. The van der Waals surface area contributed by atoms with E-state index in [4.69, 9.17) is 0 Å². The van der Waals surface area contributed by atoms with Gasteiger partial charge in [-0.25, -0.2) is 8.42 Å². The molecule has 0 aliphatic heterocycles.